The summed E-state index contributed by atoms with van der Waals surface area (Å²) in [7, 11) is -3.63. The minimum absolute atomic E-state index is 0.0416. The smallest absolute Gasteiger partial charge is 0.264 e. The first kappa shape index (κ1) is 19.8. The number of hydrogen-bond donors (Lipinski definition) is 0. The van der Waals surface area contributed by atoms with Crippen molar-refractivity contribution in [3.8, 4) is 0 Å². The first-order valence-electron chi connectivity index (χ1n) is 10.5. The van der Waals surface area contributed by atoms with Gasteiger partial charge in [0, 0.05) is 23.8 Å². The maximum atomic E-state index is 13.3. The third-order valence-corrected chi connectivity index (χ3v) is 8.04. The van der Waals surface area contributed by atoms with E-state index in [2.05, 4.69) is 13.0 Å². The molecule has 0 N–H and O–H groups in total. The highest BCUT2D eigenvalue weighted by molar-refractivity contribution is 7.92. The first-order valence-corrected chi connectivity index (χ1v) is 11.9. The minimum atomic E-state index is -3.63. The van der Waals surface area contributed by atoms with Crippen LogP contribution in [0.1, 0.15) is 34.0 Å². The molecule has 2 aliphatic rings. The fraction of sp³-hybridized carbons (Fsp3) is 0.240. The van der Waals surface area contributed by atoms with E-state index in [1.54, 1.807) is 36.4 Å². The van der Waals surface area contributed by atoms with E-state index >= 15 is 0 Å². The lowest BCUT2D eigenvalue weighted by Crippen LogP contribution is -2.35. The van der Waals surface area contributed by atoms with Gasteiger partial charge in [-0.25, -0.2) is 8.42 Å². The molecule has 0 aliphatic carbocycles. The molecule has 1 amide bonds. The van der Waals surface area contributed by atoms with E-state index in [4.69, 9.17) is 0 Å². The molecular weight excluding hydrogens is 408 g/mol. The summed E-state index contributed by atoms with van der Waals surface area (Å²) in [6.07, 6.45) is 1.43. The summed E-state index contributed by atoms with van der Waals surface area (Å²) in [6, 6.07) is 20.4. The Morgan fingerprint density at radius 2 is 1.68 bits per heavy atom. The molecule has 0 radical (unpaired) electrons. The molecule has 5 nitrogen and oxygen atoms in total. The number of aryl methyl sites for hydroxylation is 1. The van der Waals surface area contributed by atoms with E-state index < -0.39 is 10.0 Å². The fourth-order valence-electron chi connectivity index (χ4n) is 4.61. The van der Waals surface area contributed by atoms with E-state index in [-0.39, 0.29) is 16.8 Å². The highest BCUT2D eigenvalue weighted by atomic mass is 32.2. The number of hydrogen-bond acceptors (Lipinski definition) is 3. The van der Waals surface area contributed by atoms with Crippen molar-refractivity contribution in [2.45, 2.75) is 37.6 Å². The van der Waals surface area contributed by atoms with Gasteiger partial charge in [-0.15, -0.1) is 0 Å². The quantitative estimate of drug-likeness (QED) is 0.619. The summed E-state index contributed by atoms with van der Waals surface area (Å²) < 4.78 is 27.8. The second kappa shape index (κ2) is 7.24. The van der Waals surface area contributed by atoms with Crippen LogP contribution in [0.25, 0.3) is 0 Å². The van der Waals surface area contributed by atoms with Crippen LogP contribution in [0.3, 0.4) is 0 Å². The largest absolute Gasteiger partial charge is 0.305 e. The van der Waals surface area contributed by atoms with Gasteiger partial charge in [0.15, 0.2) is 0 Å². The number of nitrogens with zero attached hydrogens (tertiary/aromatic N) is 2. The SMILES string of the molecule is Cc1ccc(S(=O)(=O)N2CCc3cc(C(=O)N4c5ccccc5C[C@H]4C)ccc32)cc1. The van der Waals surface area contributed by atoms with Crippen LogP contribution < -0.4 is 9.21 Å². The Kier molecular flexibility index (Phi) is 4.63. The second-order valence-electron chi connectivity index (χ2n) is 8.34. The predicted octanol–water partition coefficient (Wildman–Crippen LogP) is 4.34. The highest BCUT2D eigenvalue weighted by Crippen LogP contribution is 2.36. The molecule has 2 aliphatic heterocycles. The van der Waals surface area contributed by atoms with Gasteiger partial charge in [-0.05, 0) is 74.2 Å². The van der Waals surface area contributed by atoms with Crippen molar-refractivity contribution in [3.05, 3.63) is 89.0 Å². The molecule has 0 aromatic heterocycles. The van der Waals surface area contributed by atoms with Crippen molar-refractivity contribution >= 4 is 27.3 Å². The Hall–Kier alpha value is -3.12. The van der Waals surface area contributed by atoms with Gasteiger partial charge in [0.1, 0.15) is 0 Å². The molecule has 3 aromatic rings. The first-order chi connectivity index (χ1) is 14.9. The molecule has 0 saturated carbocycles. The zero-order chi connectivity index (χ0) is 21.8. The molecule has 2 heterocycles. The zero-order valence-corrected chi connectivity index (χ0v) is 18.4. The number of para-hydroxylation sites is 1. The van der Waals surface area contributed by atoms with Gasteiger partial charge < -0.3 is 4.90 Å². The van der Waals surface area contributed by atoms with Crippen LogP contribution in [0.5, 0.6) is 0 Å². The summed E-state index contributed by atoms with van der Waals surface area (Å²) in [6.45, 7) is 4.37. The molecule has 1 atom stereocenters. The van der Waals surface area contributed by atoms with Crippen LogP contribution in [-0.2, 0) is 22.9 Å². The van der Waals surface area contributed by atoms with Gasteiger partial charge in [-0.1, -0.05) is 35.9 Å². The fourth-order valence-corrected chi connectivity index (χ4v) is 6.11. The highest BCUT2D eigenvalue weighted by Gasteiger charge is 2.34. The summed E-state index contributed by atoms with van der Waals surface area (Å²) in [5.41, 5.74) is 5.30. The standard InChI is InChI=1S/C25H24N2O3S/c1-17-7-10-22(11-8-17)31(29,30)26-14-13-20-16-21(9-12-23(20)26)25(28)27-18(2)15-19-5-3-4-6-24(19)27/h3-12,16,18H,13-15H2,1-2H3/t18-/m1/s1. The topological polar surface area (TPSA) is 57.7 Å². The summed E-state index contributed by atoms with van der Waals surface area (Å²) >= 11 is 0. The lowest BCUT2D eigenvalue weighted by atomic mass is 10.1. The van der Waals surface area contributed by atoms with E-state index in [0.29, 0.717) is 24.2 Å². The van der Waals surface area contributed by atoms with Crippen molar-refractivity contribution < 1.29 is 13.2 Å². The number of benzene rings is 3. The molecule has 3 aromatic carbocycles. The average Bonchev–Trinajstić information content (AvgIpc) is 3.33. The maximum absolute atomic E-state index is 13.3. The van der Waals surface area contributed by atoms with Crippen LogP contribution in [0.15, 0.2) is 71.6 Å². The molecule has 0 fully saturated rings. The van der Waals surface area contributed by atoms with Crippen LogP contribution in [0, 0.1) is 6.92 Å². The van der Waals surface area contributed by atoms with Crippen LogP contribution >= 0.6 is 0 Å². The molecule has 31 heavy (non-hydrogen) atoms. The van der Waals surface area contributed by atoms with Crippen molar-refractivity contribution in [1.29, 1.82) is 0 Å². The zero-order valence-electron chi connectivity index (χ0n) is 17.6. The number of rotatable bonds is 3. The Labute approximate surface area is 183 Å². The van der Waals surface area contributed by atoms with Gasteiger partial charge in [-0.3, -0.25) is 9.10 Å². The molecular formula is C25H24N2O3S. The average molecular weight is 433 g/mol. The maximum Gasteiger partial charge on any atom is 0.264 e. The molecule has 6 heteroatoms. The van der Waals surface area contributed by atoms with Crippen molar-refractivity contribution in [2.24, 2.45) is 0 Å². The van der Waals surface area contributed by atoms with Crippen LogP contribution in [0.2, 0.25) is 0 Å². The van der Waals surface area contributed by atoms with Gasteiger partial charge in [0.05, 0.1) is 10.6 Å². The molecule has 0 saturated heterocycles. The second-order valence-corrected chi connectivity index (χ2v) is 10.2. The van der Waals surface area contributed by atoms with E-state index in [1.807, 2.05) is 36.1 Å². The van der Waals surface area contributed by atoms with Crippen molar-refractivity contribution in [1.82, 2.24) is 0 Å². The van der Waals surface area contributed by atoms with Gasteiger partial charge in [-0.2, -0.15) is 0 Å². The molecule has 0 bridgehead atoms. The van der Waals surface area contributed by atoms with E-state index in [1.165, 1.54) is 9.87 Å². The monoisotopic (exact) mass is 432 g/mol. The lowest BCUT2D eigenvalue weighted by molar-refractivity contribution is 0.0981. The molecule has 5 rings (SSSR count). The predicted molar refractivity (Wildman–Crippen MR) is 122 cm³/mol. The Morgan fingerprint density at radius 1 is 0.935 bits per heavy atom. The number of fused-ring (bicyclic) bond motifs is 2. The Morgan fingerprint density at radius 3 is 2.45 bits per heavy atom. The van der Waals surface area contributed by atoms with Crippen molar-refractivity contribution in [3.63, 3.8) is 0 Å². The number of anilines is 2. The minimum Gasteiger partial charge on any atom is -0.305 e. The molecule has 0 spiro atoms. The lowest BCUT2D eigenvalue weighted by Gasteiger charge is -2.23. The Balaban J connectivity index is 1.46. The van der Waals surface area contributed by atoms with Crippen LogP contribution in [0.4, 0.5) is 11.4 Å². The molecule has 158 valence electrons. The number of carbonyl (C=O) groups is 1. The number of sulfonamides is 1. The van der Waals surface area contributed by atoms with Crippen molar-refractivity contribution in [2.75, 3.05) is 15.7 Å². The normalized spacial score (nSPS) is 17.5. The Bertz CT molecular complexity index is 1280. The summed E-state index contributed by atoms with van der Waals surface area (Å²) in [4.78, 5) is 15.5. The molecule has 0 unspecified atom stereocenters. The third kappa shape index (κ3) is 3.22. The van der Waals surface area contributed by atoms with Gasteiger partial charge in [0.25, 0.3) is 15.9 Å². The summed E-state index contributed by atoms with van der Waals surface area (Å²) in [5.74, 6) is -0.0416. The van der Waals surface area contributed by atoms with E-state index in [0.717, 1.165) is 23.2 Å². The number of amides is 1. The summed E-state index contributed by atoms with van der Waals surface area (Å²) in [5, 5.41) is 0. The van der Waals surface area contributed by atoms with Crippen LogP contribution in [-0.4, -0.2) is 26.9 Å². The number of carbonyl (C=O) groups excluding carboxylic acids is 1. The van der Waals surface area contributed by atoms with Gasteiger partial charge >= 0.3 is 0 Å². The third-order valence-electron chi connectivity index (χ3n) is 6.21. The van der Waals surface area contributed by atoms with E-state index in [9.17, 15) is 13.2 Å². The van der Waals surface area contributed by atoms with Gasteiger partial charge in [0.2, 0.25) is 0 Å².